The van der Waals surface area contributed by atoms with Gasteiger partial charge in [-0.2, -0.15) is 0 Å². The maximum atomic E-state index is 12.4. The van der Waals surface area contributed by atoms with Gasteiger partial charge in [-0.15, -0.1) is 0 Å². The number of rotatable bonds is 5. The molecule has 1 aromatic heterocycles. The van der Waals surface area contributed by atoms with Gasteiger partial charge in [-0.1, -0.05) is 6.07 Å². The second-order valence-electron chi connectivity index (χ2n) is 7.91. The van der Waals surface area contributed by atoms with E-state index in [1.165, 1.54) is 25.9 Å². The highest BCUT2D eigenvalue weighted by Crippen LogP contribution is 2.37. The number of likely N-dealkylation sites (tertiary alicyclic amines) is 1. The van der Waals surface area contributed by atoms with Gasteiger partial charge in [0.1, 0.15) is 17.9 Å². The number of fused-ring (bicyclic) bond motifs is 3. The minimum Gasteiger partial charge on any atom is -0.492 e. The molecule has 2 fully saturated rings. The van der Waals surface area contributed by atoms with E-state index in [9.17, 15) is 9.59 Å². The van der Waals surface area contributed by atoms with Gasteiger partial charge in [0.25, 0.3) is 0 Å². The van der Waals surface area contributed by atoms with Crippen molar-refractivity contribution in [2.45, 2.75) is 31.6 Å². The van der Waals surface area contributed by atoms with E-state index in [1.54, 1.807) is 6.26 Å². The van der Waals surface area contributed by atoms with Gasteiger partial charge in [0, 0.05) is 23.9 Å². The Kier molecular flexibility index (Phi) is 4.72. The number of carbonyl (C=O) groups excluding carboxylic acids is 2. The van der Waals surface area contributed by atoms with Gasteiger partial charge in [0.05, 0.1) is 12.2 Å². The van der Waals surface area contributed by atoms with Crippen molar-refractivity contribution in [2.24, 2.45) is 0 Å². The summed E-state index contributed by atoms with van der Waals surface area (Å²) in [5.74, 6) is 0.0282. The van der Waals surface area contributed by atoms with Gasteiger partial charge in [-0.05, 0) is 67.4 Å². The number of piperidine rings is 1. The summed E-state index contributed by atoms with van der Waals surface area (Å²) < 4.78 is 11.7. The topological polar surface area (TPSA) is 71.8 Å². The molecular formula is C23H24N2O4. The molecule has 1 atom stereocenters. The molecule has 2 saturated heterocycles. The highest BCUT2D eigenvalue weighted by molar-refractivity contribution is 6.10. The van der Waals surface area contributed by atoms with Crippen molar-refractivity contribution in [3.05, 3.63) is 42.2 Å². The van der Waals surface area contributed by atoms with Crippen molar-refractivity contribution in [2.75, 3.05) is 26.2 Å². The Morgan fingerprint density at radius 2 is 2.00 bits per heavy atom. The molecule has 150 valence electrons. The van der Waals surface area contributed by atoms with Crippen LogP contribution in [0.15, 0.2) is 41.0 Å². The number of carbonyl (C=O) groups is 2. The van der Waals surface area contributed by atoms with E-state index >= 15 is 0 Å². The first-order valence-corrected chi connectivity index (χ1v) is 10.3. The molecule has 0 saturated carbocycles. The summed E-state index contributed by atoms with van der Waals surface area (Å²) in [4.78, 5) is 26.3. The molecule has 2 aliphatic rings. The average molecular weight is 392 g/mol. The number of nitrogens with zero attached hydrogens (tertiary/aromatic N) is 1. The summed E-state index contributed by atoms with van der Waals surface area (Å²) in [5.41, 5.74) is 1.60. The van der Waals surface area contributed by atoms with Crippen LogP contribution in [0.4, 0.5) is 0 Å². The minimum atomic E-state index is -0.365. The van der Waals surface area contributed by atoms with E-state index in [2.05, 4.69) is 10.2 Å². The molecular weight excluding hydrogens is 368 g/mol. The Labute approximate surface area is 168 Å². The monoisotopic (exact) mass is 392 g/mol. The standard InChI is InChI=1S/C23H24N2O4/c26-21-8-6-18(23(27)24-21)19-14-29-20-7-3-15-13-16(4-5-17(15)22(19)20)28-12-11-25-9-1-2-10-25/h3-5,7,13-14,18H,1-2,6,8-12H2,(H,24,26,27). The number of nitrogens with one attached hydrogen (secondary N) is 1. The van der Waals surface area contributed by atoms with Gasteiger partial charge in [0.2, 0.25) is 11.8 Å². The third-order valence-electron chi connectivity index (χ3n) is 6.04. The van der Waals surface area contributed by atoms with Crippen LogP contribution < -0.4 is 10.1 Å². The van der Waals surface area contributed by atoms with E-state index in [0.29, 0.717) is 19.4 Å². The zero-order valence-corrected chi connectivity index (χ0v) is 16.3. The molecule has 1 unspecified atom stereocenters. The van der Waals surface area contributed by atoms with Gasteiger partial charge >= 0.3 is 0 Å². The van der Waals surface area contributed by atoms with Crippen LogP contribution in [0.5, 0.6) is 5.75 Å². The maximum Gasteiger partial charge on any atom is 0.234 e. The summed E-state index contributed by atoms with van der Waals surface area (Å²) in [6.45, 7) is 3.98. The van der Waals surface area contributed by atoms with E-state index in [0.717, 1.165) is 39.6 Å². The van der Waals surface area contributed by atoms with Crippen molar-refractivity contribution >= 4 is 33.6 Å². The summed E-state index contributed by atoms with van der Waals surface area (Å²) in [6.07, 6.45) is 5.08. The van der Waals surface area contributed by atoms with E-state index in [-0.39, 0.29) is 17.7 Å². The first-order valence-electron chi connectivity index (χ1n) is 10.3. The van der Waals surface area contributed by atoms with Crippen LogP contribution >= 0.6 is 0 Å². The molecule has 5 rings (SSSR count). The van der Waals surface area contributed by atoms with Gasteiger partial charge in [0.15, 0.2) is 0 Å². The first kappa shape index (κ1) is 18.2. The maximum absolute atomic E-state index is 12.4. The predicted octanol–water partition coefficient (Wildman–Crippen LogP) is 3.58. The SMILES string of the molecule is O=C1CCC(c2coc3ccc4cc(OCCN5CCCC5)ccc4c23)C(=O)N1. The van der Waals surface area contributed by atoms with Crippen LogP contribution in [0.1, 0.15) is 37.2 Å². The van der Waals surface area contributed by atoms with Crippen LogP contribution in [-0.4, -0.2) is 43.0 Å². The molecule has 1 N–H and O–H groups in total. The number of imide groups is 1. The third kappa shape index (κ3) is 3.49. The lowest BCUT2D eigenvalue weighted by atomic mass is 9.89. The highest BCUT2D eigenvalue weighted by Gasteiger charge is 2.31. The number of furan rings is 1. The van der Waals surface area contributed by atoms with E-state index in [1.807, 2.05) is 30.3 Å². The molecule has 0 aliphatic carbocycles. The summed E-state index contributed by atoms with van der Waals surface area (Å²) >= 11 is 0. The Morgan fingerprint density at radius 3 is 2.83 bits per heavy atom. The molecule has 3 aromatic rings. The molecule has 0 bridgehead atoms. The van der Waals surface area contributed by atoms with Crippen molar-refractivity contribution in [3.63, 3.8) is 0 Å². The second kappa shape index (κ2) is 7.52. The Bertz CT molecular complexity index is 1080. The van der Waals surface area contributed by atoms with Gasteiger partial charge in [-0.25, -0.2) is 0 Å². The second-order valence-corrected chi connectivity index (χ2v) is 7.91. The summed E-state index contributed by atoms with van der Waals surface area (Å²) in [7, 11) is 0. The minimum absolute atomic E-state index is 0.209. The number of benzene rings is 2. The molecule has 3 heterocycles. The van der Waals surface area contributed by atoms with E-state index < -0.39 is 0 Å². The fourth-order valence-electron chi connectivity index (χ4n) is 4.51. The Hall–Kier alpha value is -2.86. The summed E-state index contributed by atoms with van der Waals surface area (Å²) in [6, 6.07) is 10.0. The molecule has 2 aromatic carbocycles. The van der Waals surface area contributed by atoms with Crippen molar-refractivity contribution < 1.29 is 18.7 Å². The molecule has 2 amide bonds. The first-order chi connectivity index (χ1) is 14.2. The molecule has 6 heteroatoms. The number of amides is 2. The van der Waals surface area contributed by atoms with Gasteiger partial charge in [-0.3, -0.25) is 19.8 Å². The smallest absolute Gasteiger partial charge is 0.234 e. The van der Waals surface area contributed by atoms with Crippen LogP contribution in [0.2, 0.25) is 0 Å². The largest absolute Gasteiger partial charge is 0.492 e. The van der Waals surface area contributed by atoms with Crippen LogP contribution in [0, 0.1) is 0 Å². The fraction of sp³-hybridized carbons (Fsp3) is 0.391. The average Bonchev–Trinajstić information content (AvgIpc) is 3.38. The zero-order chi connectivity index (χ0) is 19.8. The lowest BCUT2D eigenvalue weighted by Crippen LogP contribution is -2.39. The van der Waals surface area contributed by atoms with Crippen molar-refractivity contribution in [1.29, 1.82) is 0 Å². The Morgan fingerprint density at radius 1 is 1.14 bits per heavy atom. The third-order valence-corrected chi connectivity index (χ3v) is 6.04. The van der Waals surface area contributed by atoms with Crippen molar-refractivity contribution in [1.82, 2.24) is 10.2 Å². The number of ether oxygens (including phenoxy) is 1. The number of hydrogen-bond donors (Lipinski definition) is 1. The lowest BCUT2D eigenvalue weighted by molar-refractivity contribution is -0.134. The molecule has 29 heavy (non-hydrogen) atoms. The summed E-state index contributed by atoms with van der Waals surface area (Å²) in [5, 5.41) is 5.46. The Balaban J connectivity index is 1.42. The zero-order valence-electron chi connectivity index (χ0n) is 16.3. The number of hydrogen-bond acceptors (Lipinski definition) is 5. The molecule has 6 nitrogen and oxygen atoms in total. The molecule has 0 spiro atoms. The van der Waals surface area contributed by atoms with E-state index in [4.69, 9.17) is 9.15 Å². The quantitative estimate of drug-likeness (QED) is 0.672. The van der Waals surface area contributed by atoms with Crippen molar-refractivity contribution in [3.8, 4) is 5.75 Å². The van der Waals surface area contributed by atoms with Gasteiger partial charge < -0.3 is 9.15 Å². The normalized spacial score (nSPS) is 20.5. The molecule has 2 aliphatic heterocycles. The molecule has 0 radical (unpaired) electrons. The fourth-order valence-corrected chi connectivity index (χ4v) is 4.51. The van der Waals surface area contributed by atoms with Crippen LogP contribution in [0.25, 0.3) is 21.7 Å². The van der Waals surface area contributed by atoms with Crippen LogP contribution in [0.3, 0.4) is 0 Å². The lowest BCUT2D eigenvalue weighted by Gasteiger charge is -2.20. The predicted molar refractivity (Wildman–Crippen MR) is 110 cm³/mol. The van der Waals surface area contributed by atoms with Crippen LogP contribution in [-0.2, 0) is 9.59 Å². The highest BCUT2D eigenvalue weighted by atomic mass is 16.5.